The first-order valence-electron chi connectivity index (χ1n) is 7.22. The van der Waals surface area contributed by atoms with Crippen molar-refractivity contribution in [2.75, 3.05) is 10.7 Å². The van der Waals surface area contributed by atoms with Crippen LogP contribution in [0.5, 0.6) is 0 Å². The van der Waals surface area contributed by atoms with E-state index in [0.717, 1.165) is 16.7 Å². The maximum absolute atomic E-state index is 5.47. The highest BCUT2D eigenvalue weighted by molar-refractivity contribution is 5.90. The summed E-state index contributed by atoms with van der Waals surface area (Å²) in [6.45, 7) is 2.28. The molecule has 0 aliphatic heterocycles. The molecule has 106 valence electrons. The predicted octanol–water partition coefficient (Wildman–Crippen LogP) is 3.05. The van der Waals surface area contributed by atoms with Gasteiger partial charge in [-0.3, -0.25) is 5.43 Å². The largest absolute Gasteiger partial charge is 0.364 e. The van der Waals surface area contributed by atoms with Crippen molar-refractivity contribution < 1.29 is 0 Å². The van der Waals surface area contributed by atoms with Gasteiger partial charge in [-0.1, -0.05) is 31.4 Å². The highest BCUT2D eigenvalue weighted by atomic mass is 15.3. The molecule has 20 heavy (non-hydrogen) atoms. The number of hydrogen-bond donors (Lipinski definition) is 3. The van der Waals surface area contributed by atoms with Gasteiger partial charge in [0.15, 0.2) is 0 Å². The van der Waals surface area contributed by atoms with E-state index in [9.17, 15) is 0 Å². The average molecular weight is 271 g/mol. The first-order chi connectivity index (χ1) is 9.70. The topological polar surface area (TPSA) is 75.9 Å². The molecule has 3 rings (SSSR count). The Balaban J connectivity index is 2.01. The number of hydrazine groups is 1. The van der Waals surface area contributed by atoms with Crippen LogP contribution >= 0.6 is 0 Å². The minimum Gasteiger partial charge on any atom is -0.364 e. The standard InChI is InChI=1S/C15H21N5/c1-15(9-5-2-6-10-15)19-13-11-7-3-4-8-12(11)17-14(18-13)20-16/h3-4,7-8H,2,5-6,9-10,16H2,1H3,(H2,17,18,19,20). The summed E-state index contributed by atoms with van der Waals surface area (Å²) in [7, 11) is 0. The summed E-state index contributed by atoms with van der Waals surface area (Å²) in [5.41, 5.74) is 3.56. The zero-order chi connectivity index (χ0) is 14.0. The van der Waals surface area contributed by atoms with Gasteiger partial charge in [0.1, 0.15) is 5.82 Å². The van der Waals surface area contributed by atoms with Crippen LogP contribution in [0.1, 0.15) is 39.0 Å². The van der Waals surface area contributed by atoms with Crippen molar-refractivity contribution in [2.45, 2.75) is 44.6 Å². The quantitative estimate of drug-likeness (QED) is 0.591. The van der Waals surface area contributed by atoms with Crippen molar-refractivity contribution in [1.82, 2.24) is 9.97 Å². The van der Waals surface area contributed by atoms with Gasteiger partial charge in [0.2, 0.25) is 5.95 Å². The Hall–Kier alpha value is -1.88. The third kappa shape index (κ3) is 2.54. The van der Waals surface area contributed by atoms with Gasteiger partial charge in [-0.05, 0) is 31.9 Å². The molecule has 1 aliphatic carbocycles. The molecule has 1 saturated carbocycles. The van der Waals surface area contributed by atoms with Gasteiger partial charge in [0, 0.05) is 10.9 Å². The second kappa shape index (κ2) is 5.25. The van der Waals surface area contributed by atoms with Gasteiger partial charge in [0.05, 0.1) is 5.52 Å². The Labute approximate surface area is 119 Å². The molecule has 4 N–H and O–H groups in total. The molecule has 0 atom stereocenters. The first kappa shape index (κ1) is 13.1. The first-order valence-corrected chi connectivity index (χ1v) is 7.22. The van der Waals surface area contributed by atoms with Crippen molar-refractivity contribution in [3.05, 3.63) is 24.3 Å². The fourth-order valence-electron chi connectivity index (χ4n) is 2.98. The lowest BCUT2D eigenvalue weighted by Crippen LogP contribution is -2.37. The van der Waals surface area contributed by atoms with Crippen molar-refractivity contribution in [3.63, 3.8) is 0 Å². The monoisotopic (exact) mass is 271 g/mol. The highest BCUT2D eigenvalue weighted by Gasteiger charge is 2.27. The molecule has 1 fully saturated rings. The molecule has 0 amide bonds. The second-order valence-electron chi connectivity index (χ2n) is 5.80. The third-order valence-electron chi connectivity index (χ3n) is 4.11. The molecule has 5 heteroatoms. The molecule has 1 aliphatic rings. The molecule has 1 aromatic carbocycles. The van der Waals surface area contributed by atoms with Crippen LogP contribution in [0.25, 0.3) is 10.9 Å². The van der Waals surface area contributed by atoms with E-state index in [1.54, 1.807) is 0 Å². The predicted molar refractivity (Wildman–Crippen MR) is 82.5 cm³/mol. The Morgan fingerprint density at radius 2 is 1.85 bits per heavy atom. The number of aromatic nitrogens is 2. The highest BCUT2D eigenvalue weighted by Crippen LogP contribution is 2.33. The van der Waals surface area contributed by atoms with Crippen molar-refractivity contribution in [2.24, 2.45) is 5.84 Å². The maximum Gasteiger partial charge on any atom is 0.239 e. The molecule has 1 aromatic heterocycles. The zero-order valence-electron chi connectivity index (χ0n) is 11.8. The number of para-hydroxylation sites is 1. The van der Waals surface area contributed by atoms with Crippen molar-refractivity contribution in [1.29, 1.82) is 0 Å². The molecular weight excluding hydrogens is 250 g/mol. The minimum atomic E-state index is 0.112. The van der Waals surface area contributed by atoms with Gasteiger partial charge in [-0.15, -0.1) is 0 Å². The Bertz CT molecular complexity index is 604. The summed E-state index contributed by atoms with van der Waals surface area (Å²) in [5, 5.41) is 4.67. The number of anilines is 2. The summed E-state index contributed by atoms with van der Waals surface area (Å²) >= 11 is 0. The number of nitrogens with zero attached hydrogens (tertiary/aromatic N) is 2. The van der Waals surface area contributed by atoms with Crippen LogP contribution in [0, 0.1) is 0 Å². The third-order valence-corrected chi connectivity index (χ3v) is 4.11. The average Bonchev–Trinajstić information content (AvgIpc) is 2.47. The summed E-state index contributed by atoms with van der Waals surface area (Å²) in [6.07, 6.45) is 6.23. The Kier molecular flexibility index (Phi) is 3.44. The number of benzene rings is 1. The van der Waals surface area contributed by atoms with E-state index in [0.29, 0.717) is 5.95 Å². The smallest absolute Gasteiger partial charge is 0.239 e. The van der Waals surface area contributed by atoms with E-state index in [-0.39, 0.29) is 5.54 Å². The van der Waals surface area contributed by atoms with Crippen LogP contribution in [-0.2, 0) is 0 Å². The van der Waals surface area contributed by atoms with Gasteiger partial charge in [-0.2, -0.15) is 4.98 Å². The number of hydrogen-bond acceptors (Lipinski definition) is 5. The molecule has 0 unspecified atom stereocenters. The van der Waals surface area contributed by atoms with Crippen LogP contribution in [0.3, 0.4) is 0 Å². The lowest BCUT2D eigenvalue weighted by molar-refractivity contribution is 0.349. The van der Waals surface area contributed by atoms with Crippen LogP contribution in [0.2, 0.25) is 0 Å². The fourth-order valence-corrected chi connectivity index (χ4v) is 2.98. The number of nitrogen functional groups attached to an aromatic ring is 1. The molecular formula is C15H21N5. The van der Waals surface area contributed by atoms with Gasteiger partial charge < -0.3 is 5.32 Å². The van der Waals surface area contributed by atoms with E-state index >= 15 is 0 Å². The maximum atomic E-state index is 5.47. The molecule has 2 aromatic rings. The van der Waals surface area contributed by atoms with E-state index in [2.05, 4.69) is 27.6 Å². The molecule has 0 bridgehead atoms. The van der Waals surface area contributed by atoms with Crippen LogP contribution in [0.4, 0.5) is 11.8 Å². The minimum absolute atomic E-state index is 0.112. The summed E-state index contributed by atoms with van der Waals surface area (Å²) in [6, 6.07) is 8.01. The Morgan fingerprint density at radius 1 is 1.10 bits per heavy atom. The lowest BCUT2D eigenvalue weighted by atomic mass is 9.83. The number of rotatable bonds is 3. The van der Waals surface area contributed by atoms with E-state index in [1.165, 1.54) is 32.1 Å². The van der Waals surface area contributed by atoms with Crippen LogP contribution in [-0.4, -0.2) is 15.5 Å². The van der Waals surface area contributed by atoms with Crippen molar-refractivity contribution >= 4 is 22.7 Å². The van der Waals surface area contributed by atoms with Crippen LogP contribution < -0.4 is 16.6 Å². The van der Waals surface area contributed by atoms with Gasteiger partial charge in [-0.25, -0.2) is 10.8 Å². The van der Waals surface area contributed by atoms with Gasteiger partial charge in [0.25, 0.3) is 0 Å². The number of nitrogens with two attached hydrogens (primary N) is 1. The number of nitrogens with one attached hydrogen (secondary N) is 2. The van der Waals surface area contributed by atoms with E-state index in [1.807, 2.05) is 24.3 Å². The van der Waals surface area contributed by atoms with E-state index < -0.39 is 0 Å². The summed E-state index contributed by atoms with van der Waals surface area (Å²) < 4.78 is 0. The number of fused-ring (bicyclic) bond motifs is 1. The molecule has 0 radical (unpaired) electrons. The molecule has 0 saturated heterocycles. The van der Waals surface area contributed by atoms with Crippen LogP contribution in [0.15, 0.2) is 24.3 Å². The fraction of sp³-hybridized carbons (Fsp3) is 0.467. The SMILES string of the molecule is CC1(Nc2nc(NN)nc3ccccc23)CCCCC1. The summed E-state index contributed by atoms with van der Waals surface area (Å²) in [5.74, 6) is 6.79. The van der Waals surface area contributed by atoms with Gasteiger partial charge >= 0.3 is 0 Å². The second-order valence-corrected chi connectivity index (χ2v) is 5.80. The zero-order valence-corrected chi connectivity index (χ0v) is 11.8. The van der Waals surface area contributed by atoms with E-state index in [4.69, 9.17) is 5.84 Å². The van der Waals surface area contributed by atoms with Crippen molar-refractivity contribution in [3.8, 4) is 0 Å². The normalized spacial score (nSPS) is 17.9. The molecule has 5 nitrogen and oxygen atoms in total. The molecule has 0 spiro atoms. The summed E-state index contributed by atoms with van der Waals surface area (Å²) in [4.78, 5) is 8.88. The molecule has 1 heterocycles. The Morgan fingerprint density at radius 3 is 2.60 bits per heavy atom. The lowest BCUT2D eigenvalue weighted by Gasteiger charge is -2.35.